The molecule has 1 saturated carbocycles. The van der Waals surface area contributed by atoms with Crippen molar-refractivity contribution in [3.05, 3.63) is 0 Å². The summed E-state index contributed by atoms with van der Waals surface area (Å²) in [5, 5.41) is 2.46. The van der Waals surface area contributed by atoms with Gasteiger partial charge in [-0.05, 0) is 25.7 Å². The molecule has 0 aromatic rings. The molecule has 2 fully saturated rings. The van der Waals surface area contributed by atoms with E-state index in [9.17, 15) is 0 Å². The molecular weight excluding hydrogens is 148 g/mol. The highest BCUT2D eigenvalue weighted by Crippen LogP contribution is 2.15. The SMILES string of the molecule is C1CCC([NH+]2CC[NH2+]CC2)CC1. The summed E-state index contributed by atoms with van der Waals surface area (Å²) in [5.41, 5.74) is 0. The van der Waals surface area contributed by atoms with Gasteiger partial charge >= 0.3 is 0 Å². The minimum absolute atomic E-state index is 1.03. The Morgan fingerprint density at radius 1 is 0.917 bits per heavy atom. The van der Waals surface area contributed by atoms with Crippen molar-refractivity contribution in [2.45, 2.75) is 38.1 Å². The van der Waals surface area contributed by atoms with Gasteiger partial charge < -0.3 is 10.2 Å². The van der Waals surface area contributed by atoms with Gasteiger partial charge in [0.1, 0.15) is 26.2 Å². The second kappa shape index (κ2) is 4.24. The van der Waals surface area contributed by atoms with E-state index in [1.54, 1.807) is 0 Å². The first-order chi connectivity index (χ1) is 5.97. The Hall–Kier alpha value is -0.0800. The fraction of sp³-hybridized carbons (Fsp3) is 1.00. The standard InChI is InChI=1S/C10H20N2/c1-2-4-10(5-3-1)12-8-6-11-7-9-12/h10-11H,1-9H2/p+2. The monoisotopic (exact) mass is 170 g/mol. The average molecular weight is 170 g/mol. The van der Waals surface area contributed by atoms with Crippen LogP contribution in [0.3, 0.4) is 0 Å². The van der Waals surface area contributed by atoms with Crippen LogP contribution in [-0.2, 0) is 0 Å². The molecule has 2 nitrogen and oxygen atoms in total. The van der Waals surface area contributed by atoms with Crippen LogP contribution < -0.4 is 10.2 Å². The summed E-state index contributed by atoms with van der Waals surface area (Å²) in [5.74, 6) is 0. The summed E-state index contributed by atoms with van der Waals surface area (Å²) in [6.07, 6.45) is 7.51. The maximum atomic E-state index is 2.46. The van der Waals surface area contributed by atoms with Gasteiger partial charge in [0, 0.05) is 0 Å². The van der Waals surface area contributed by atoms with Crippen molar-refractivity contribution in [3.8, 4) is 0 Å². The molecule has 0 bridgehead atoms. The Labute approximate surface area is 75.3 Å². The van der Waals surface area contributed by atoms with Gasteiger partial charge in [0.15, 0.2) is 0 Å². The highest BCUT2D eigenvalue weighted by Gasteiger charge is 2.26. The maximum absolute atomic E-state index is 2.46. The molecule has 0 atom stereocenters. The average Bonchev–Trinajstić information content (AvgIpc) is 2.21. The molecule has 1 aliphatic heterocycles. The van der Waals surface area contributed by atoms with Gasteiger partial charge in [-0.2, -0.15) is 0 Å². The van der Waals surface area contributed by atoms with Gasteiger partial charge in [-0.15, -0.1) is 0 Å². The highest BCUT2D eigenvalue weighted by molar-refractivity contribution is 4.64. The molecule has 0 unspecified atom stereocenters. The molecule has 0 aromatic carbocycles. The van der Waals surface area contributed by atoms with Gasteiger partial charge in [0.05, 0.1) is 6.04 Å². The lowest BCUT2D eigenvalue weighted by Gasteiger charge is -2.32. The zero-order chi connectivity index (χ0) is 8.23. The van der Waals surface area contributed by atoms with Crippen molar-refractivity contribution < 1.29 is 10.2 Å². The van der Waals surface area contributed by atoms with Crippen LogP contribution >= 0.6 is 0 Å². The molecule has 2 heteroatoms. The number of nitrogens with one attached hydrogen (secondary N) is 1. The predicted octanol–water partition coefficient (Wildman–Crippen LogP) is -1.22. The highest BCUT2D eigenvalue weighted by atomic mass is 15.2. The minimum atomic E-state index is 1.03. The van der Waals surface area contributed by atoms with E-state index >= 15 is 0 Å². The van der Waals surface area contributed by atoms with Crippen LogP contribution in [0.2, 0.25) is 0 Å². The number of hydrogen-bond donors (Lipinski definition) is 2. The van der Waals surface area contributed by atoms with E-state index in [-0.39, 0.29) is 0 Å². The Bertz CT molecular complexity index is 108. The number of nitrogens with two attached hydrogens (primary N) is 1. The van der Waals surface area contributed by atoms with Gasteiger partial charge in [-0.1, -0.05) is 6.42 Å². The van der Waals surface area contributed by atoms with Gasteiger partial charge in [-0.25, -0.2) is 0 Å². The van der Waals surface area contributed by atoms with Crippen LogP contribution in [0.15, 0.2) is 0 Å². The van der Waals surface area contributed by atoms with Gasteiger partial charge in [-0.3, -0.25) is 0 Å². The van der Waals surface area contributed by atoms with Crippen LogP contribution in [0.1, 0.15) is 32.1 Å². The lowest BCUT2D eigenvalue weighted by molar-refractivity contribution is -0.968. The van der Waals surface area contributed by atoms with E-state index in [1.165, 1.54) is 58.3 Å². The third-order valence-electron chi connectivity index (χ3n) is 3.52. The smallest absolute Gasteiger partial charge is 0.127 e. The fourth-order valence-electron chi connectivity index (χ4n) is 2.76. The Morgan fingerprint density at radius 3 is 2.25 bits per heavy atom. The van der Waals surface area contributed by atoms with Crippen molar-refractivity contribution in [2.24, 2.45) is 0 Å². The Kier molecular flexibility index (Phi) is 3.01. The molecule has 1 saturated heterocycles. The fourth-order valence-corrected chi connectivity index (χ4v) is 2.76. The molecule has 1 aliphatic carbocycles. The largest absolute Gasteiger partial charge is 0.337 e. The first kappa shape index (κ1) is 8.52. The molecule has 3 N–H and O–H groups in total. The van der Waals surface area contributed by atoms with E-state index in [0.29, 0.717) is 0 Å². The summed E-state index contributed by atoms with van der Waals surface area (Å²) in [7, 11) is 0. The molecule has 70 valence electrons. The summed E-state index contributed by atoms with van der Waals surface area (Å²) in [4.78, 5) is 1.91. The molecule has 0 amide bonds. The van der Waals surface area contributed by atoms with Crippen molar-refractivity contribution in [1.29, 1.82) is 0 Å². The van der Waals surface area contributed by atoms with E-state index in [2.05, 4.69) is 5.32 Å². The topological polar surface area (TPSA) is 21.1 Å². The quantitative estimate of drug-likeness (QED) is 0.492. The van der Waals surface area contributed by atoms with E-state index < -0.39 is 0 Å². The third kappa shape index (κ3) is 1.99. The minimum Gasteiger partial charge on any atom is -0.337 e. The number of hydrogen-bond acceptors (Lipinski definition) is 0. The zero-order valence-electron chi connectivity index (χ0n) is 8.02. The van der Waals surface area contributed by atoms with Gasteiger partial charge in [0.25, 0.3) is 0 Å². The summed E-state index contributed by atoms with van der Waals surface area (Å²) >= 11 is 0. The molecule has 0 aromatic heterocycles. The van der Waals surface area contributed by atoms with Crippen LogP contribution in [0.5, 0.6) is 0 Å². The molecule has 0 radical (unpaired) electrons. The van der Waals surface area contributed by atoms with Crippen LogP contribution in [0, 0.1) is 0 Å². The number of rotatable bonds is 1. The summed E-state index contributed by atoms with van der Waals surface area (Å²) in [6, 6.07) is 1.03. The molecule has 0 spiro atoms. The normalized spacial score (nSPS) is 29.0. The summed E-state index contributed by atoms with van der Waals surface area (Å²) in [6.45, 7) is 5.58. The maximum Gasteiger partial charge on any atom is 0.127 e. The van der Waals surface area contributed by atoms with E-state index in [4.69, 9.17) is 0 Å². The Balaban J connectivity index is 1.80. The van der Waals surface area contributed by atoms with Crippen LogP contribution in [-0.4, -0.2) is 32.2 Å². The molecule has 2 aliphatic rings. The second-order valence-corrected chi connectivity index (χ2v) is 4.36. The second-order valence-electron chi connectivity index (χ2n) is 4.36. The molecule has 2 rings (SSSR count). The van der Waals surface area contributed by atoms with E-state index in [1.807, 2.05) is 4.90 Å². The first-order valence-electron chi connectivity index (χ1n) is 5.63. The number of quaternary nitrogens is 2. The Morgan fingerprint density at radius 2 is 1.58 bits per heavy atom. The molecule has 1 heterocycles. The van der Waals surface area contributed by atoms with Crippen molar-refractivity contribution in [1.82, 2.24) is 0 Å². The third-order valence-corrected chi connectivity index (χ3v) is 3.52. The van der Waals surface area contributed by atoms with Gasteiger partial charge in [0.2, 0.25) is 0 Å². The molecular formula is C10H22N2+2. The van der Waals surface area contributed by atoms with Crippen LogP contribution in [0.25, 0.3) is 0 Å². The summed E-state index contributed by atoms with van der Waals surface area (Å²) < 4.78 is 0. The molecule has 12 heavy (non-hydrogen) atoms. The lowest BCUT2D eigenvalue weighted by Crippen LogP contribution is -3.23. The van der Waals surface area contributed by atoms with Crippen molar-refractivity contribution in [3.63, 3.8) is 0 Å². The first-order valence-corrected chi connectivity index (χ1v) is 5.63. The lowest BCUT2D eigenvalue weighted by atomic mass is 9.94. The zero-order valence-corrected chi connectivity index (χ0v) is 8.02. The van der Waals surface area contributed by atoms with Crippen LogP contribution in [0.4, 0.5) is 0 Å². The van der Waals surface area contributed by atoms with Crippen molar-refractivity contribution >= 4 is 0 Å². The number of piperazine rings is 1. The predicted molar refractivity (Wildman–Crippen MR) is 49.2 cm³/mol. The van der Waals surface area contributed by atoms with Crippen molar-refractivity contribution in [2.75, 3.05) is 26.2 Å². The van der Waals surface area contributed by atoms with E-state index in [0.717, 1.165) is 6.04 Å².